The Morgan fingerprint density at radius 3 is 2.77 bits per heavy atom. The highest BCUT2D eigenvalue weighted by Gasteiger charge is 2.21. The highest BCUT2D eigenvalue weighted by atomic mass is 32.1. The summed E-state index contributed by atoms with van der Waals surface area (Å²) < 4.78 is 5.25. The fraction of sp³-hybridized carbons (Fsp3) is 0.0952. The molecule has 0 bridgehead atoms. The predicted molar refractivity (Wildman–Crippen MR) is 116 cm³/mol. The van der Waals surface area contributed by atoms with Gasteiger partial charge in [0.25, 0.3) is 11.6 Å². The van der Waals surface area contributed by atoms with Gasteiger partial charge in [-0.3, -0.25) is 20.2 Å². The summed E-state index contributed by atoms with van der Waals surface area (Å²) in [7, 11) is 0. The van der Waals surface area contributed by atoms with Crippen molar-refractivity contribution in [3.8, 4) is 11.3 Å². The minimum absolute atomic E-state index is 0.0476. The lowest BCUT2D eigenvalue weighted by molar-refractivity contribution is -0.384. The van der Waals surface area contributed by atoms with Gasteiger partial charge < -0.3 is 9.72 Å². The summed E-state index contributed by atoms with van der Waals surface area (Å²) in [6, 6.07) is 15.1. The van der Waals surface area contributed by atoms with Gasteiger partial charge in [0, 0.05) is 34.0 Å². The van der Waals surface area contributed by atoms with Crippen LogP contribution in [0.2, 0.25) is 0 Å². The molecule has 4 aromatic rings. The maximum absolute atomic E-state index is 12.4. The van der Waals surface area contributed by atoms with Crippen LogP contribution in [0.3, 0.4) is 0 Å². The lowest BCUT2D eigenvalue weighted by atomic mass is 10.1. The number of rotatable bonds is 6. The maximum atomic E-state index is 12.4. The van der Waals surface area contributed by atoms with E-state index in [1.165, 1.54) is 19.1 Å². The van der Waals surface area contributed by atoms with E-state index in [4.69, 9.17) is 4.74 Å². The van der Waals surface area contributed by atoms with E-state index in [2.05, 4.69) is 15.3 Å². The van der Waals surface area contributed by atoms with Crippen LogP contribution in [0.5, 0.6) is 0 Å². The van der Waals surface area contributed by atoms with Crippen molar-refractivity contribution in [3.05, 3.63) is 75.8 Å². The Balaban J connectivity index is 1.40. The second-order valence-electron chi connectivity index (χ2n) is 6.65. The number of carbonyl (C=O) groups excluding carboxylic acids is 2. The molecule has 0 aliphatic carbocycles. The van der Waals surface area contributed by atoms with Crippen molar-refractivity contribution in [2.75, 3.05) is 5.32 Å². The number of esters is 1. The third-order valence-corrected chi connectivity index (χ3v) is 5.25. The summed E-state index contributed by atoms with van der Waals surface area (Å²) >= 11 is 1.16. The molecule has 10 heteroatoms. The number of fused-ring (bicyclic) bond motifs is 1. The number of carbonyl (C=O) groups is 2. The van der Waals surface area contributed by atoms with Crippen LogP contribution >= 0.6 is 11.3 Å². The summed E-state index contributed by atoms with van der Waals surface area (Å²) in [5.74, 6) is -1.18. The number of benzene rings is 2. The molecular formula is C21H16N4O5S. The molecule has 9 nitrogen and oxygen atoms in total. The number of nitrogens with one attached hydrogen (secondary N) is 2. The Labute approximate surface area is 179 Å². The number of thiazole rings is 1. The molecule has 2 aromatic carbocycles. The summed E-state index contributed by atoms with van der Waals surface area (Å²) in [6.07, 6.45) is -1.05. The average molecular weight is 436 g/mol. The van der Waals surface area contributed by atoms with Crippen molar-refractivity contribution >= 4 is 44.9 Å². The Hall–Kier alpha value is -4.05. The van der Waals surface area contributed by atoms with Gasteiger partial charge in [0.2, 0.25) is 0 Å². The van der Waals surface area contributed by atoms with Gasteiger partial charge in [-0.15, -0.1) is 11.3 Å². The molecule has 4 rings (SSSR count). The Morgan fingerprint density at radius 1 is 1.19 bits per heavy atom. The molecule has 2 heterocycles. The van der Waals surface area contributed by atoms with Crippen molar-refractivity contribution in [2.24, 2.45) is 0 Å². The highest BCUT2D eigenvalue weighted by molar-refractivity contribution is 7.14. The van der Waals surface area contributed by atoms with E-state index in [0.29, 0.717) is 16.4 Å². The molecule has 2 N–H and O–H groups in total. The van der Waals surface area contributed by atoms with Gasteiger partial charge in [0.1, 0.15) is 5.69 Å². The first-order valence-corrected chi connectivity index (χ1v) is 10.1. The molecule has 0 saturated heterocycles. The number of hydrogen-bond acceptors (Lipinski definition) is 7. The molecule has 31 heavy (non-hydrogen) atoms. The van der Waals surface area contributed by atoms with Crippen LogP contribution in [-0.4, -0.2) is 32.9 Å². The van der Waals surface area contributed by atoms with Crippen LogP contribution in [0, 0.1) is 10.1 Å². The normalized spacial score (nSPS) is 11.8. The lowest BCUT2D eigenvalue weighted by Crippen LogP contribution is -2.30. The van der Waals surface area contributed by atoms with Crippen LogP contribution in [0.1, 0.15) is 17.4 Å². The van der Waals surface area contributed by atoms with Crippen LogP contribution in [-0.2, 0) is 9.53 Å². The average Bonchev–Trinajstić information content (AvgIpc) is 3.40. The zero-order valence-corrected chi connectivity index (χ0v) is 17.0. The zero-order valence-electron chi connectivity index (χ0n) is 16.2. The van der Waals surface area contributed by atoms with E-state index in [1.54, 1.807) is 23.6 Å². The molecule has 0 radical (unpaired) electrons. The predicted octanol–water partition coefficient (Wildman–Crippen LogP) is 4.38. The quantitative estimate of drug-likeness (QED) is 0.262. The number of aromatic amines is 1. The van der Waals surface area contributed by atoms with Crippen molar-refractivity contribution in [2.45, 2.75) is 13.0 Å². The van der Waals surface area contributed by atoms with E-state index in [9.17, 15) is 19.7 Å². The van der Waals surface area contributed by atoms with E-state index < -0.39 is 22.9 Å². The molecule has 0 aliphatic heterocycles. The number of hydrogen-bond donors (Lipinski definition) is 2. The molecule has 0 spiro atoms. The molecule has 1 atom stereocenters. The SMILES string of the molecule is CC(OC(=O)c1cc2ccccc2[nH]1)C(=O)Nc1nc(-c2cccc([N+](=O)[O-])c2)cs1. The van der Waals surface area contributed by atoms with Gasteiger partial charge in [-0.1, -0.05) is 30.3 Å². The Kier molecular flexibility index (Phi) is 5.46. The minimum Gasteiger partial charge on any atom is -0.448 e. The van der Waals surface area contributed by atoms with Gasteiger partial charge in [0.05, 0.1) is 10.6 Å². The highest BCUT2D eigenvalue weighted by Crippen LogP contribution is 2.27. The number of nitro groups is 1. The summed E-state index contributed by atoms with van der Waals surface area (Å²) in [5, 5.41) is 16.4. The monoisotopic (exact) mass is 436 g/mol. The van der Waals surface area contributed by atoms with Crippen LogP contribution in [0.4, 0.5) is 10.8 Å². The van der Waals surface area contributed by atoms with Gasteiger partial charge in [-0.25, -0.2) is 9.78 Å². The first-order valence-electron chi connectivity index (χ1n) is 9.20. The number of para-hydroxylation sites is 1. The summed E-state index contributed by atoms with van der Waals surface area (Å²) in [5.41, 5.74) is 2.05. The first kappa shape index (κ1) is 20.2. The van der Waals surface area contributed by atoms with Crippen molar-refractivity contribution in [3.63, 3.8) is 0 Å². The van der Waals surface area contributed by atoms with Gasteiger partial charge in [-0.2, -0.15) is 0 Å². The molecule has 0 saturated carbocycles. The third-order valence-electron chi connectivity index (χ3n) is 4.49. The number of anilines is 1. The number of ether oxygens (including phenoxy) is 1. The second kappa shape index (κ2) is 8.36. The lowest BCUT2D eigenvalue weighted by Gasteiger charge is -2.11. The molecule has 1 unspecified atom stereocenters. The van der Waals surface area contributed by atoms with E-state index in [-0.39, 0.29) is 11.4 Å². The molecule has 1 amide bonds. The van der Waals surface area contributed by atoms with Gasteiger partial charge in [0.15, 0.2) is 11.2 Å². The number of amides is 1. The standard InChI is InChI=1S/C21H16N4O5S/c1-12(30-20(27)17-10-14-5-2-3-8-16(14)22-17)19(26)24-21-23-18(11-31-21)13-6-4-7-15(9-13)25(28)29/h2-12,22H,1H3,(H,23,24,26). The number of nitro benzene ring substituents is 1. The van der Waals surface area contributed by atoms with Crippen LogP contribution < -0.4 is 5.32 Å². The third kappa shape index (κ3) is 4.43. The molecule has 156 valence electrons. The number of aromatic nitrogens is 2. The van der Waals surface area contributed by atoms with E-state index in [0.717, 1.165) is 22.2 Å². The largest absolute Gasteiger partial charge is 0.448 e. The molecular weight excluding hydrogens is 420 g/mol. The fourth-order valence-electron chi connectivity index (χ4n) is 2.91. The van der Waals surface area contributed by atoms with Crippen LogP contribution in [0.25, 0.3) is 22.2 Å². The van der Waals surface area contributed by atoms with Crippen molar-refractivity contribution in [1.82, 2.24) is 9.97 Å². The summed E-state index contributed by atoms with van der Waals surface area (Å²) in [6.45, 7) is 1.46. The zero-order chi connectivity index (χ0) is 22.0. The fourth-order valence-corrected chi connectivity index (χ4v) is 3.63. The minimum atomic E-state index is -1.05. The maximum Gasteiger partial charge on any atom is 0.355 e. The number of H-pyrrole nitrogens is 1. The Morgan fingerprint density at radius 2 is 2.00 bits per heavy atom. The van der Waals surface area contributed by atoms with Crippen LogP contribution in [0.15, 0.2) is 60.0 Å². The second-order valence-corrected chi connectivity index (χ2v) is 7.51. The molecule has 0 aliphatic rings. The topological polar surface area (TPSA) is 127 Å². The van der Waals surface area contributed by atoms with Gasteiger partial charge in [-0.05, 0) is 19.1 Å². The van der Waals surface area contributed by atoms with Gasteiger partial charge >= 0.3 is 5.97 Å². The number of nitrogens with zero attached hydrogens (tertiary/aromatic N) is 2. The Bertz CT molecular complexity index is 1260. The molecule has 2 aromatic heterocycles. The smallest absolute Gasteiger partial charge is 0.355 e. The van der Waals surface area contributed by atoms with E-state index >= 15 is 0 Å². The molecule has 0 fully saturated rings. The first-order chi connectivity index (χ1) is 14.9. The summed E-state index contributed by atoms with van der Waals surface area (Å²) in [4.78, 5) is 42.5. The van der Waals surface area contributed by atoms with Crippen molar-refractivity contribution in [1.29, 1.82) is 0 Å². The van der Waals surface area contributed by atoms with Crippen molar-refractivity contribution < 1.29 is 19.2 Å². The van der Waals surface area contributed by atoms with E-state index in [1.807, 2.05) is 24.3 Å². The number of non-ortho nitro benzene ring substituents is 1.